The molecule has 0 saturated heterocycles. The Morgan fingerprint density at radius 1 is 1.19 bits per heavy atom. The molecule has 2 aromatic rings. The first kappa shape index (κ1) is 10.8. The minimum Gasteiger partial charge on any atom is -0.464 e. The maximum atomic E-state index is 13.2. The van der Waals surface area contributed by atoms with Crippen LogP contribution in [0.3, 0.4) is 0 Å². The highest BCUT2D eigenvalue weighted by Crippen LogP contribution is 2.32. The van der Waals surface area contributed by atoms with Crippen LogP contribution in [0.15, 0.2) is 41.0 Å². The number of alkyl halides is 2. The Balaban J connectivity index is 2.52. The number of furan rings is 1. The maximum absolute atomic E-state index is 13.2. The molecule has 0 saturated carbocycles. The van der Waals surface area contributed by atoms with Crippen molar-refractivity contribution in [2.24, 2.45) is 0 Å². The first-order valence-corrected chi connectivity index (χ1v) is 4.70. The van der Waals surface area contributed by atoms with Crippen molar-refractivity contribution in [1.29, 1.82) is 0 Å². The summed E-state index contributed by atoms with van der Waals surface area (Å²) < 4.78 is 44.4. The van der Waals surface area contributed by atoms with Crippen molar-refractivity contribution >= 4 is 0 Å². The van der Waals surface area contributed by atoms with Crippen LogP contribution in [0.25, 0.3) is 11.3 Å². The fourth-order valence-electron chi connectivity index (χ4n) is 1.46. The fraction of sp³-hybridized carbons (Fsp3) is 0.167. The monoisotopic (exact) mass is 226 g/mol. The summed E-state index contributed by atoms with van der Waals surface area (Å²) in [4.78, 5) is 0. The maximum Gasteiger partial charge on any atom is 0.273 e. The molecule has 0 aliphatic carbocycles. The van der Waals surface area contributed by atoms with Gasteiger partial charge in [-0.05, 0) is 30.3 Å². The van der Waals surface area contributed by atoms with Crippen LogP contribution in [0.2, 0.25) is 0 Å². The Bertz CT molecular complexity index is 483. The Hall–Kier alpha value is -1.71. The second-order valence-electron chi connectivity index (χ2n) is 3.56. The fourth-order valence-corrected chi connectivity index (χ4v) is 1.46. The highest BCUT2D eigenvalue weighted by atomic mass is 19.3. The van der Waals surface area contributed by atoms with Crippen molar-refractivity contribution in [1.82, 2.24) is 0 Å². The molecule has 0 atom stereocenters. The molecule has 0 N–H and O–H groups in total. The molecule has 1 aromatic carbocycles. The molecule has 4 heteroatoms. The van der Waals surface area contributed by atoms with Crippen molar-refractivity contribution in [3.05, 3.63) is 48.0 Å². The van der Waals surface area contributed by atoms with E-state index in [1.54, 1.807) is 12.1 Å². The predicted octanol–water partition coefficient (Wildman–Crippen LogP) is 4.20. The molecule has 0 fully saturated rings. The van der Waals surface area contributed by atoms with Gasteiger partial charge in [-0.3, -0.25) is 0 Å². The summed E-state index contributed by atoms with van der Waals surface area (Å²) in [5, 5.41) is 0. The lowest BCUT2D eigenvalue weighted by Gasteiger charge is -2.12. The lowest BCUT2D eigenvalue weighted by atomic mass is 10.0. The van der Waals surface area contributed by atoms with E-state index < -0.39 is 17.3 Å². The van der Waals surface area contributed by atoms with Crippen molar-refractivity contribution < 1.29 is 17.6 Å². The molecule has 1 aromatic heterocycles. The molecule has 84 valence electrons. The summed E-state index contributed by atoms with van der Waals surface area (Å²) in [6, 6.07) is 6.80. The van der Waals surface area contributed by atoms with Gasteiger partial charge in [0.15, 0.2) is 0 Å². The lowest BCUT2D eigenvalue weighted by Crippen LogP contribution is -2.09. The van der Waals surface area contributed by atoms with E-state index in [-0.39, 0.29) is 0 Å². The van der Waals surface area contributed by atoms with Crippen LogP contribution in [-0.2, 0) is 5.92 Å². The molecular weight excluding hydrogens is 217 g/mol. The van der Waals surface area contributed by atoms with E-state index in [0.29, 0.717) is 18.2 Å². The number of halogens is 3. The number of benzene rings is 1. The van der Waals surface area contributed by atoms with Gasteiger partial charge in [-0.2, -0.15) is 0 Å². The van der Waals surface area contributed by atoms with Crippen LogP contribution in [0, 0.1) is 5.82 Å². The van der Waals surface area contributed by atoms with E-state index in [9.17, 15) is 13.2 Å². The molecule has 1 nitrogen and oxygen atoms in total. The van der Waals surface area contributed by atoms with Gasteiger partial charge in [0.2, 0.25) is 0 Å². The molecule has 16 heavy (non-hydrogen) atoms. The quantitative estimate of drug-likeness (QED) is 0.748. The van der Waals surface area contributed by atoms with Crippen molar-refractivity contribution in [3.63, 3.8) is 0 Å². The standard InChI is InChI=1S/C12H9F3O/c1-12(14,15)9-7-8(4-5-10(9)13)11-3-2-6-16-11/h2-7H,1H3. The van der Waals surface area contributed by atoms with Crippen molar-refractivity contribution in [3.8, 4) is 11.3 Å². The summed E-state index contributed by atoms with van der Waals surface area (Å²) in [5.74, 6) is -3.68. The Morgan fingerprint density at radius 3 is 2.50 bits per heavy atom. The van der Waals surface area contributed by atoms with Crippen LogP contribution < -0.4 is 0 Å². The van der Waals surface area contributed by atoms with Gasteiger partial charge in [-0.25, -0.2) is 13.2 Å². The topological polar surface area (TPSA) is 13.1 Å². The summed E-state index contributed by atoms with van der Waals surface area (Å²) in [6.07, 6.45) is 1.43. The largest absolute Gasteiger partial charge is 0.464 e. The molecule has 0 spiro atoms. The smallest absolute Gasteiger partial charge is 0.273 e. The van der Waals surface area contributed by atoms with Gasteiger partial charge in [0.25, 0.3) is 5.92 Å². The summed E-state index contributed by atoms with van der Waals surface area (Å²) >= 11 is 0. The molecule has 0 unspecified atom stereocenters. The van der Waals surface area contributed by atoms with Gasteiger partial charge in [0.05, 0.1) is 11.8 Å². The second-order valence-corrected chi connectivity index (χ2v) is 3.56. The Labute approximate surface area is 90.5 Å². The molecule has 0 aliphatic rings. The number of hydrogen-bond acceptors (Lipinski definition) is 1. The summed E-state index contributed by atoms with van der Waals surface area (Å²) in [7, 11) is 0. The highest BCUT2D eigenvalue weighted by Gasteiger charge is 2.28. The van der Waals surface area contributed by atoms with Crippen molar-refractivity contribution in [2.75, 3.05) is 0 Å². The molecular formula is C12H9F3O. The first-order chi connectivity index (χ1) is 7.48. The second kappa shape index (κ2) is 3.70. The highest BCUT2D eigenvalue weighted by molar-refractivity contribution is 5.58. The minimum absolute atomic E-state index is 0.433. The first-order valence-electron chi connectivity index (χ1n) is 4.70. The Morgan fingerprint density at radius 2 is 1.94 bits per heavy atom. The zero-order valence-corrected chi connectivity index (χ0v) is 8.51. The zero-order valence-electron chi connectivity index (χ0n) is 8.51. The van der Waals surface area contributed by atoms with Crippen LogP contribution >= 0.6 is 0 Å². The van der Waals surface area contributed by atoms with Gasteiger partial charge < -0.3 is 4.42 Å². The molecule has 0 radical (unpaired) electrons. The molecule has 0 aliphatic heterocycles. The van der Waals surface area contributed by atoms with Gasteiger partial charge in [-0.1, -0.05) is 0 Å². The third kappa shape index (κ3) is 1.96. The predicted molar refractivity (Wildman–Crippen MR) is 53.7 cm³/mol. The van der Waals surface area contributed by atoms with E-state index in [0.717, 1.165) is 12.1 Å². The number of rotatable bonds is 2. The summed E-state index contributed by atoms with van der Waals surface area (Å²) in [5.41, 5.74) is -0.190. The Kier molecular flexibility index (Phi) is 2.50. The van der Waals surface area contributed by atoms with Gasteiger partial charge in [0.1, 0.15) is 11.6 Å². The van der Waals surface area contributed by atoms with E-state index in [2.05, 4.69) is 0 Å². The van der Waals surface area contributed by atoms with Crippen LogP contribution in [0.1, 0.15) is 12.5 Å². The lowest BCUT2D eigenvalue weighted by molar-refractivity contribution is 0.0138. The molecule has 0 bridgehead atoms. The van der Waals surface area contributed by atoms with E-state index in [1.807, 2.05) is 0 Å². The SMILES string of the molecule is CC(F)(F)c1cc(-c2ccco2)ccc1F. The van der Waals surface area contributed by atoms with Crippen LogP contribution in [0.4, 0.5) is 13.2 Å². The minimum atomic E-state index is -3.20. The van der Waals surface area contributed by atoms with Gasteiger partial charge in [0, 0.05) is 12.5 Å². The van der Waals surface area contributed by atoms with Crippen LogP contribution in [-0.4, -0.2) is 0 Å². The average Bonchev–Trinajstić information content (AvgIpc) is 2.69. The third-order valence-corrected chi connectivity index (χ3v) is 2.24. The van der Waals surface area contributed by atoms with E-state index in [1.165, 1.54) is 12.3 Å². The van der Waals surface area contributed by atoms with Gasteiger partial charge >= 0.3 is 0 Å². The average molecular weight is 226 g/mol. The molecule has 1 heterocycles. The van der Waals surface area contributed by atoms with E-state index >= 15 is 0 Å². The third-order valence-electron chi connectivity index (χ3n) is 2.24. The zero-order chi connectivity index (χ0) is 11.8. The number of hydrogen-bond donors (Lipinski definition) is 0. The normalized spacial score (nSPS) is 11.8. The van der Waals surface area contributed by atoms with E-state index in [4.69, 9.17) is 4.42 Å². The molecule has 0 amide bonds. The van der Waals surface area contributed by atoms with Gasteiger partial charge in [-0.15, -0.1) is 0 Å². The van der Waals surface area contributed by atoms with Crippen molar-refractivity contribution in [2.45, 2.75) is 12.8 Å². The molecule has 2 rings (SSSR count). The van der Waals surface area contributed by atoms with Crippen LogP contribution in [0.5, 0.6) is 0 Å². The summed E-state index contributed by atoms with van der Waals surface area (Å²) in [6.45, 7) is 0.664.